The Bertz CT molecular complexity index is 1060. The van der Waals surface area contributed by atoms with Gasteiger partial charge in [-0.05, 0) is 54.6 Å². The average Bonchev–Trinajstić information content (AvgIpc) is 2.75. The lowest BCUT2D eigenvalue weighted by molar-refractivity contribution is -0.123. The molecule has 3 aromatic carbocycles. The molecule has 0 aliphatic carbocycles. The Kier molecular flexibility index (Phi) is 7.59. The van der Waals surface area contributed by atoms with Crippen molar-refractivity contribution in [2.45, 2.75) is 0 Å². The minimum atomic E-state index is -0.493. The van der Waals surface area contributed by atoms with Gasteiger partial charge in [-0.3, -0.25) is 4.79 Å². The Balaban J connectivity index is 1.60. The summed E-state index contributed by atoms with van der Waals surface area (Å²) in [6, 6.07) is 20.4. The molecule has 0 saturated heterocycles. The van der Waals surface area contributed by atoms with Crippen molar-refractivity contribution in [2.75, 3.05) is 6.61 Å². The Morgan fingerprint density at radius 1 is 1.03 bits per heavy atom. The molecule has 0 aliphatic rings. The highest BCUT2D eigenvalue weighted by Crippen LogP contribution is 2.23. The van der Waals surface area contributed by atoms with Gasteiger partial charge in [0.2, 0.25) is 0 Å². The van der Waals surface area contributed by atoms with Crippen LogP contribution in [0, 0.1) is 0 Å². The molecule has 3 aromatic rings. The van der Waals surface area contributed by atoms with Crippen molar-refractivity contribution >= 4 is 45.6 Å². The number of benzene rings is 3. The number of amides is 1. The zero-order valence-electron chi connectivity index (χ0n) is 15.5. The molecule has 0 fully saturated rings. The molecule has 0 saturated carbocycles. The zero-order valence-corrected chi connectivity index (χ0v) is 17.9. The molecular formula is C22H16BrClN2O4. The van der Waals surface area contributed by atoms with E-state index in [9.17, 15) is 9.59 Å². The van der Waals surface area contributed by atoms with Crippen LogP contribution >= 0.6 is 27.5 Å². The topological polar surface area (TPSA) is 77.0 Å². The molecular weight excluding hydrogens is 472 g/mol. The molecule has 3 rings (SSSR count). The van der Waals surface area contributed by atoms with Crippen LogP contribution in [0.15, 0.2) is 82.4 Å². The van der Waals surface area contributed by atoms with Gasteiger partial charge in [-0.25, -0.2) is 10.2 Å². The first-order valence-electron chi connectivity index (χ1n) is 8.78. The van der Waals surface area contributed by atoms with Crippen LogP contribution < -0.4 is 14.9 Å². The standard InChI is InChI=1S/C22H16BrClN2O4/c23-17-6-11-20(30-22(28)15-4-2-1-3-5-15)16(12-17)13-25-26-21(27)14-29-19-9-7-18(24)8-10-19/h1-13H,14H2,(H,26,27). The molecule has 1 amide bonds. The third kappa shape index (κ3) is 6.43. The Labute approximate surface area is 186 Å². The molecule has 0 spiro atoms. The van der Waals surface area contributed by atoms with Crippen LogP contribution in [0.2, 0.25) is 5.02 Å². The number of nitrogens with zero attached hydrogens (tertiary/aromatic N) is 1. The van der Waals surface area contributed by atoms with E-state index >= 15 is 0 Å². The highest BCUT2D eigenvalue weighted by atomic mass is 79.9. The fraction of sp³-hybridized carbons (Fsp3) is 0.0455. The monoisotopic (exact) mass is 486 g/mol. The normalized spacial score (nSPS) is 10.6. The second kappa shape index (κ2) is 10.6. The number of halogens is 2. The third-order valence-electron chi connectivity index (χ3n) is 3.76. The fourth-order valence-electron chi connectivity index (χ4n) is 2.33. The number of hydrogen-bond donors (Lipinski definition) is 1. The van der Waals surface area contributed by atoms with Crippen molar-refractivity contribution < 1.29 is 19.1 Å². The molecule has 0 atom stereocenters. The van der Waals surface area contributed by atoms with Crippen LogP contribution in [0.1, 0.15) is 15.9 Å². The van der Waals surface area contributed by atoms with Gasteiger partial charge in [-0.1, -0.05) is 45.7 Å². The lowest BCUT2D eigenvalue weighted by Crippen LogP contribution is -2.24. The van der Waals surface area contributed by atoms with Gasteiger partial charge in [-0.2, -0.15) is 5.10 Å². The predicted octanol–water partition coefficient (Wildman–Crippen LogP) is 4.85. The molecule has 0 radical (unpaired) electrons. The van der Waals surface area contributed by atoms with Crippen molar-refractivity contribution in [2.24, 2.45) is 5.10 Å². The van der Waals surface area contributed by atoms with Crippen LogP contribution in [0.3, 0.4) is 0 Å². The van der Waals surface area contributed by atoms with Gasteiger partial charge in [0.05, 0.1) is 11.8 Å². The van der Waals surface area contributed by atoms with E-state index in [1.54, 1.807) is 66.7 Å². The number of ether oxygens (including phenoxy) is 2. The maximum atomic E-state index is 12.3. The highest BCUT2D eigenvalue weighted by molar-refractivity contribution is 9.10. The van der Waals surface area contributed by atoms with E-state index in [4.69, 9.17) is 21.1 Å². The van der Waals surface area contributed by atoms with Crippen molar-refractivity contribution in [3.8, 4) is 11.5 Å². The molecule has 0 bridgehead atoms. The molecule has 152 valence electrons. The largest absolute Gasteiger partial charge is 0.484 e. The smallest absolute Gasteiger partial charge is 0.343 e. The van der Waals surface area contributed by atoms with Crippen molar-refractivity contribution in [3.05, 3.63) is 93.4 Å². The summed E-state index contributed by atoms with van der Waals surface area (Å²) < 4.78 is 11.6. The van der Waals surface area contributed by atoms with Crippen LogP contribution in [0.4, 0.5) is 0 Å². The zero-order chi connectivity index (χ0) is 21.3. The number of carbonyl (C=O) groups is 2. The SMILES string of the molecule is O=C(COc1ccc(Cl)cc1)NN=Cc1cc(Br)ccc1OC(=O)c1ccccc1. The summed E-state index contributed by atoms with van der Waals surface area (Å²) in [6.07, 6.45) is 1.39. The minimum absolute atomic E-state index is 0.215. The lowest BCUT2D eigenvalue weighted by atomic mass is 10.2. The second-order valence-corrected chi connectivity index (χ2v) is 7.33. The molecule has 30 heavy (non-hydrogen) atoms. The van der Waals surface area contributed by atoms with E-state index in [1.165, 1.54) is 6.21 Å². The highest BCUT2D eigenvalue weighted by Gasteiger charge is 2.11. The molecule has 8 heteroatoms. The van der Waals surface area contributed by atoms with E-state index in [2.05, 4.69) is 26.5 Å². The van der Waals surface area contributed by atoms with Crippen LogP contribution in [0.25, 0.3) is 0 Å². The molecule has 6 nitrogen and oxygen atoms in total. The van der Waals surface area contributed by atoms with Crippen LogP contribution in [-0.2, 0) is 4.79 Å². The number of nitrogens with one attached hydrogen (secondary N) is 1. The average molecular weight is 488 g/mol. The maximum Gasteiger partial charge on any atom is 0.343 e. The van der Waals surface area contributed by atoms with E-state index in [-0.39, 0.29) is 6.61 Å². The summed E-state index contributed by atoms with van der Waals surface area (Å²) in [4.78, 5) is 24.2. The Morgan fingerprint density at radius 3 is 2.50 bits per heavy atom. The summed E-state index contributed by atoms with van der Waals surface area (Å²) in [6.45, 7) is -0.215. The second-order valence-electron chi connectivity index (χ2n) is 5.97. The molecule has 1 N–H and O–H groups in total. The van der Waals surface area contributed by atoms with E-state index in [0.29, 0.717) is 27.6 Å². The van der Waals surface area contributed by atoms with Gasteiger partial charge in [0, 0.05) is 15.1 Å². The van der Waals surface area contributed by atoms with Crippen molar-refractivity contribution in [3.63, 3.8) is 0 Å². The van der Waals surface area contributed by atoms with Gasteiger partial charge >= 0.3 is 5.97 Å². The summed E-state index contributed by atoms with van der Waals surface area (Å²) in [7, 11) is 0. The van der Waals surface area contributed by atoms with Crippen molar-refractivity contribution in [1.82, 2.24) is 5.43 Å². The van der Waals surface area contributed by atoms with E-state index < -0.39 is 11.9 Å². The number of rotatable bonds is 7. The fourth-order valence-corrected chi connectivity index (χ4v) is 2.84. The first kappa shape index (κ1) is 21.5. The quantitative estimate of drug-likeness (QED) is 0.224. The molecule has 0 aliphatic heterocycles. The molecule has 0 heterocycles. The van der Waals surface area contributed by atoms with Crippen LogP contribution in [0.5, 0.6) is 11.5 Å². The minimum Gasteiger partial charge on any atom is -0.484 e. The van der Waals surface area contributed by atoms with Gasteiger partial charge in [-0.15, -0.1) is 0 Å². The van der Waals surface area contributed by atoms with Crippen molar-refractivity contribution in [1.29, 1.82) is 0 Å². The summed E-state index contributed by atoms with van der Waals surface area (Å²) in [5, 5.41) is 4.49. The van der Waals surface area contributed by atoms with Gasteiger partial charge in [0.25, 0.3) is 5.91 Å². The van der Waals surface area contributed by atoms with Gasteiger partial charge < -0.3 is 9.47 Å². The number of hydrazone groups is 1. The number of carbonyl (C=O) groups excluding carboxylic acids is 2. The van der Waals surface area contributed by atoms with Crippen LogP contribution in [-0.4, -0.2) is 24.7 Å². The summed E-state index contributed by atoms with van der Waals surface area (Å²) in [5.41, 5.74) is 3.30. The van der Waals surface area contributed by atoms with Gasteiger partial charge in [0.1, 0.15) is 11.5 Å². The summed E-state index contributed by atoms with van der Waals surface area (Å²) >= 11 is 9.17. The van der Waals surface area contributed by atoms with E-state index in [1.807, 2.05) is 6.07 Å². The number of hydrogen-bond acceptors (Lipinski definition) is 5. The Morgan fingerprint density at radius 2 is 1.77 bits per heavy atom. The number of esters is 1. The maximum absolute atomic E-state index is 12.3. The molecule has 0 aromatic heterocycles. The predicted molar refractivity (Wildman–Crippen MR) is 118 cm³/mol. The first-order valence-corrected chi connectivity index (χ1v) is 9.95. The van der Waals surface area contributed by atoms with Gasteiger partial charge in [0.15, 0.2) is 6.61 Å². The Hall–Kier alpha value is -3.16. The van der Waals surface area contributed by atoms with E-state index in [0.717, 1.165) is 4.47 Å². The lowest BCUT2D eigenvalue weighted by Gasteiger charge is -2.08. The molecule has 0 unspecified atom stereocenters. The summed E-state index contributed by atoms with van der Waals surface area (Å²) in [5.74, 6) is -0.116. The first-order chi connectivity index (χ1) is 14.5. The third-order valence-corrected chi connectivity index (χ3v) is 4.51.